The predicted molar refractivity (Wildman–Crippen MR) is 159 cm³/mol. The van der Waals surface area contributed by atoms with Crippen molar-refractivity contribution in [3.05, 3.63) is 35.4 Å². The van der Waals surface area contributed by atoms with Crippen LogP contribution in [0.15, 0.2) is 24.3 Å². The summed E-state index contributed by atoms with van der Waals surface area (Å²) in [5.41, 5.74) is 3.42. The molecule has 7 N–H and O–H groups in total. The summed E-state index contributed by atoms with van der Waals surface area (Å²) < 4.78 is 0. The topological polar surface area (TPSA) is 251 Å². The molecule has 0 aliphatic heterocycles. The molecular formula is C30H42N4O11. The van der Waals surface area contributed by atoms with Crippen molar-refractivity contribution in [2.24, 2.45) is 11.1 Å². The van der Waals surface area contributed by atoms with E-state index in [1.54, 1.807) is 31.2 Å². The molecule has 0 fully saturated rings. The van der Waals surface area contributed by atoms with Crippen LogP contribution in [0.2, 0.25) is 0 Å². The Bertz CT molecular complexity index is 1310. The van der Waals surface area contributed by atoms with Gasteiger partial charge in [0.1, 0.15) is 6.04 Å². The number of rotatable bonds is 18. The van der Waals surface area contributed by atoms with Gasteiger partial charge in [-0.3, -0.25) is 33.6 Å². The van der Waals surface area contributed by atoms with Crippen molar-refractivity contribution in [1.82, 2.24) is 15.5 Å². The Balaban J connectivity index is 3.67. The molecule has 4 atom stereocenters. The molecular weight excluding hydrogens is 592 g/mol. The SMILES string of the molecule is Cc1ccccc1C[C@H](NC(=O)[C@H](CCC(=O)O)NC(=O)[C@@H](N)CC(=O)O)C(=O)[C@](C=O)(N(C)C(=O)CCC(=O)O)C(C)(C)C. The molecule has 0 spiro atoms. The summed E-state index contributed by atoms with van der Waals surface area (Å²) in [5, 5.41) is 32.0. The van der Waals surface area contributed by atoms with Crippen LogP contribution in [0.5, 0.6) is 0 Å². The zero-order valence-electron chi connectivity index (χ0n) is 26.0. The van der Waals surface area contributed by atoms with Gasteiger partial charge in [0.15, 0.2) is 17.6 Å². The minimum Gasteiger partial charge on any atom is -0.481 e. The van der Waals surface area contributed by atoms with Crippen LogP contribution in [-0.2, 0) is 44.8 Å². The average Bonchev–Trinajstić information content (AvgIpc) is 2.93. The monoisotopic (exact) mass is 634 g/mol. The summed E-state index contributed by atoms with van der Waals surface area (Å²) in [6.45, 7) is 6.31. The van der Waals surface area contributed by atoms with Crippen LogP contribution in [0.25, 0.3) is 0 Å². The number of benzene rings is 1. The molecule has 0 unspecified atom stereocenters. The zero-order chi connectivity index (χ0) is 34.7. The van der Waals surface area contributed by atoms with Gasteiger partial charge in [-0.1, -0.05) is 45.0 Å². The number of aryl methyl sites for hydroxylation is 1. The Hall–Kier alpha value is -4.66. The van der Waals surface area contributed by atoms with Gasteiger partial charge < -0.3 is 41.4 Å². The number of nitrogens with two attached hydrogens (primary N) is 1. The van der Waals surface area contributed by atoms with Crippen molar-refractivity contribution in [1.29, 1.82) is 0 Å². The summed E-state index contributed by atoms with van der Waals surface area (Å²) in [6, 6.07) is 2.19. The Labute approximate surface area is 260 Å². The number of hydrogen-bond acceptors (Lipinski definition) is 9. The molecule has 0 aliphatic carbocycles. The molecule has 0 saturated heterocycles. The zero-order valence-corrected chi connectivity index (χ0v) is 26.0. The Morgan fingerprint density at radius 3 is 1.91 bits per heavy atom. The maximum absolute atomic E-state index is 14.5. The maximum Gasteiger partial charge on any atom is 0.305 e. The van der Waals surface area contributed by atoms with E-state index in [9.17, 15) is 43.5 Å². The highest BCUT2D eigenvalue weighted by Gasteiger charge is 2.55. The molecule has 0 aliphatic rings. The van der Waals surface area contributed by atoms with Crippen LogP contribution < -0.4 is 16.4 Å². The minimum absolute atomic E-state index is 0.182. The van der Waals surface area contributed by atoms with Crippen LogP contribution in [-0.4, -0.2) is 98.6 Å². The first kappa shape index (κ1) is 38.4. The lowest BCUT2D eigenvalue weighted by atomic mass is 9.68. The second kappa shape index (κ2) is 16.4. The number of Topliss-reactive ketones (excluding diaryl/α,β-unsaturated/α-hetero) is 1. The van der Waals surface area contributed by atoms with E-state index in [1.807, 2.05) is 0 Å². The number of likely N-dealkylation sites (N-methyl/N-ethyl adjacent to an activating group) is 1. The fourth-order valence-corrected chi connectivity index (χ4v) is 4.83. The fourth-order valence-electron chi connectivity index (χ4n) is 4.83. The van der Waals surface area contributed by atoms with Gasteiger partial charge in [0.25, 0.3) is 0 Å². The number of hydrogen-bond donors (Lipinski definition) is 6. The lowest BCUT2D eigenvalue weighted by Gasteiger charge is -2.47. The molecule has 3 amide bonds. The first-order valence-corrected chi connectivity index (χ1v) is 14.1. The third-order valence-electron chi connectivity index (χ3n) is 7.47. The highest BCUT2D eigenvalue weighted by atomic mass is 16.4. The second-order valence-corrected chi connectivity index (χ2v) is 11.7. The number of amides is 3. The number of nitrogens with zero attached hydrogens (tertiary/aromatic N) is 1. The van der Waals surface area contributed by atoms with E-state index >= 15 is 0 Å². The highest BCUT2D eigenvalue weighted by Crippen LogP contribution is 2.36. The summed E-state index contributed by atoms with van der Waals surface area (Å²) in [4.78, 5) is 101. The molecule has 1 aromatic carbocycles. The average molecular weight is 635 g/mol. The van der Waals surface area contributed by atoms with Gasteiger partial charge in [0.05, 0.1) is 24.9 Å². The smallest absolute Gasteiger partial charge is 0.305 e. The standard InChI is InChI=1S/C30H42N4O11/c1-17-8-6-7-9-18(17)14-21(26(43)30(16-35,29(2,3)4)34(5)22(36)11-13-24(39)40)33-28(45)20(10-12-23(37)38)32-27(44)19(31)15-25(41)42/h6-9,16,19-21H,10-15,31H2,1-5H3,(H,32,44)(H,33,45)(H,37,38)(H,39,40)(H,41,42)/t19-,20-,21-,30-/m0/s1. The molecule has 0 radical (unpaired) electrons. The number of ketones is 1. The van der Waals surface area contributed by atoms with Crippen LogP contribution in [0.3, 0.4) is 0 Å². The molecule has 0 saturated carbocycles. The van der Waals surface area contributed by atoms with Gasteiger partial charge >= 0.3 is 17.9 Å². The number of aldehydes is 1. The van der Waals surface area contributed by atoms with Crippen LogP contribution in [0, 0.1) is 12.3 Å². The summed E-state index contributed by atoms with van der Waals surface area (Å²) >= 11 is 0. The van der Waals surface area contributed by atoms with Crippen molar-refractivity contribution < 1.29 is 53.7 Å². The largest absolute Gasteiger partial charge is 0.481 e. The second-order valence-electron chi connectivity index (χ2n) is 11.7. The number of nitrogens with one attached hydrogen (secondary N) is 2. The molecule has 248 valence electrons. The highest BCUT2D eigenvalue weighted by molar-refractivity contribution is 6.10. The van der Waals surface area contributed by atoms with Gasteiger partial charge in [-0.2, -0.15) is 0 Å². The quantitative estimate of drug-likeness (QED) is 0.0926. The van der Waals surface area contributed by atoms with Crippen molar-refractivity contribution in [2.75, 3.05) is 7.05 Å². The molecule has 1 aromatic rings. The Kier molecular flexibility index (Phi) is 14.0. The molecule has 0 aromatic heterocycles. The molecule has 0 bridgehead atoms. The number of carbonyl (C=O) groups excluding carboxylic acids is 5. The molecule has 1 rings (SSSR count). The maximum atomic E-state index is 14.5. The number of carboxylic acid groups (broad SMARTS) is 3. The first-order valence-electron chi connectivity index (χ1n) is 14.1. The van der Waals surface area contributed by atoms with Gasteiger partial charge in [-0.05, 0) is 29.9 Å². The van der Waals surface area contributed by atoms with Gasteiger partial charge in [-0.25, -0.2) is 0 Å². The summed E-state index contributed by atoms with van der Waals surface area (Å²) in [5.74, 6) is -7.76. The van der Waals surface area contributed by atoms with Crippen molar-refractivity contribution in [3.8, 4) is 0 Å². The number of aliphatic carboxylic acids is 3. The summed E-state index contributed by atoms with van der Waals surface area (Å²) in [7, 11) is 1.19. The lowest BCUT2D eigenvalue weighted by Crippen LogP contribution is -2.69. The molecule has 15 heteroatoms. The van der Waals surface area contributed by atoms with E-state index < -0.39 is 103 Å². The normalized spacial score (nSPS) is 14.5. The molecule has 0 heterocycles. The molecule has 15 nitrogen and oxygen atoms in total. The van der Waals surface area contributed by atoms with Crippen LogP contribution >= 0.6 is 0 Å². The van der Waals surface area contributed by atoms with Crippen LogP contribution in [0.1, 0.15) is 64.0 Å². The fraction of sp³-hybridized carbons (Fsp3) is 0.533. The lowest BCUT2D eigenvalue weighted by molar-refractivity contribution is -0.158. The van der Waals surface area contributed by atoms with Gasteiger partial charge in [0, 0.05) is 26.3 Å². The van der Waals surface area contributed by atoms with Gasteiger partial charge in [-0.15, -0.1) is 0 Å². The third-order valence-corrected chi connectivity index (χ3v) is 7.47. The van der Waals surface area contributed by atoms with E-state index in [0.717, 1.165) is 10.5 Å². The van der Waals surface area contributed by atoms with Crippen LogP contribution in [0.4, 0.5) is 0 Å². The number of carboxylic acids is 3. The predicted octanol–water partition coefficient (Wildman–Crippen LogP) is 0.0500. The van der Waals surface area contributed by atoms with Crippen molar-refractivity contribution in [2.45, 2.75) is 89.9 Å². The van der Waals surface area contributed by atoms with E-state index in [4.69, 9.17) is 15.9 Å². The number of carbonyl (C=O) groups is 8. The van der Waals surface area contributed by atoms with E-state index in [1.165, 1.54) is 27.8 Å². The van der Waals surface area contributed by atoms with E-state index in [2.05, 4.69) is 10.6 Å². The summed E-state index contributed by atoms with van der Waals surface area (Å²) in [6.07, 6.45) is -2.80. The molecule has 45 heavy (non-hydrogen) atoms. The Morgan fingerprint density at radius 1 is 0.867 bits per heavy atom. The Morgan fingerprint density at radius 2 is 1.42 bits per heavy atom. The van der Waals surface area contributed by atoms with E-state index in [0.29, 0.717) is 5.56 Å². The van der Waals surface area contributed by atoms with E-state index in [-0.39, 0.29) is 12.7 Å². The van der Waals surface area contributed by atoms with Crippen molar-refractivity contribution >= 4 is 47.7 Å². The third kappa shape index (κ3) is 10.5. The van der Waals surface area contributed by atoms with Gasteiger partial charge in [0.2, 0.25) is 17.7 Å². The first-order chi connectivity index (χ1) is 20.8. The van der Waals surface area contributed by atoms with Crippen molar-refractivity contribution in [3.63, 3.8) is 0 Å². The minimum atomic E-state index is -2.22.